The molecule has 0 fully saturated rings. The fourth-order valence-electron chi connectivity index (χ4n) is 1.49. The van der Waals surface area contributed by atoms with E-state index in [2.05, 4.69) is 31.9 Å². The van der Waals surface area contributed by atoms with Crippen molar-refractivity contribution in [3.8, 4) is 0 Å². The van der Waals surface area contributed by atoms with Gasteiger partial charge in [-0.25, -0.2) is 0 Å². The average Bonchev–Trinajstić information content (AvgIpc) is 2.17. The number of rotatable bonds is 4. The molecule has 1 aromatic carbocycles. The van der Waals surface area contributed by atoms with E-state index in [4.69, 9.17) is 0 Å². The fraction of sp³-hybridized carbons (Fsp3) is 0.400. The van der Waals surface area contributed by atoms with Gasteiger partial charge < -0.3 is 4.55 Å². The van der Waals surface area contributed by atoms with Crippen molar-refractivity contribution in [2.45, 2.75) is 19.1 Å². The van der Waals surface area contributed by atoms with Crippen LogP contribution in [0.1, 0.15) is 16.7 Å². The van der Waals surface area contributed by atoms with Gasteiger partial charge in [-0.1, -0.05) is 49.0 Å². The van der Waals surface area contributed by atoms with Crippen molar-refractivity contribution >= 4 is 42.9 Å². The van der Waals surface area contributed by atoms with Gasteiger partial charge in [-0.15, -0.1) is 0 Å². The van der Waals surface area contributed by atoms with E-state index < -0.39 is 11.1 Å². The third-order valence-electron chi connectivity index (χ3n) is 2.25. The smallest absolute Gasteiger partial charge is 0.0356 e. The van der Waals surface area contributed by atoms with Crippen LogP contribution >= 0.6 is 31.9 Å². The summed E-state index contributed by atoms with van der Waals surface area (Å²) in [6.45, 7) is 2.00. The molecule has 1 rings (SSSR count). The quantitative estimate of drug-likeness (QED) is 0.615. The summed E-state index contributed by atoms with van der Waals surface area (Å²) in [5, 5.41) is 0.836. The number of alkyl halides is 1. The first kappa shape index (κ1) is 13.4. The summed E-state index contributed by atoms with van der Waals surface area (Å²) in [5.74, 6) is 0.0937. The Morgan fingerprint density at radius 3 is 2.67 bits per heavy atom. The normalized spacial score (nSPS) is 12.8. The van der Waals surface area contributed by atoms with Gasteiger partial charge in [-0.3, -0.25) is 4.21 Å². The lowest BCUT2D eigenvalue weighted by atomic mass is 10.0. The molecule has 0 radical (unpaired) electrons. The molecule has 0 aliphatic carbocycles. The molecule has 0 aliphatic heterocycles. The van der Waals surface area contributed by atoms with Gasteiger partial charge in [0.1, 0.15) is 0 Å². The molecule has 0 heterocycles. The molecule has 1 aromatic rings. The van der Waals surface area contributed by atoms with Crippen molar-refractivity contribution in [2.75, 3.05) is 5.33 Å². The van der Waals surface area contributed by atoms with Gasteiger partial charge in [0.25, 0.3) is 0 Å². The molecule has 2 nitrogen and oxygen atoms in total. The molecule has 5 heteroatoms. The molecule has 0 saturated heterocycles. The lowest BCUT2D eigenvalue weighted by Gasteiger charge is -2.14. The highest BCUT2D eigenvalue weighted by molar-refractivity contribution is 9.10. The zero-order valence-corrected chi connectivity index (χ0v) is 12.2. The second-order valence-corrected chi connectivity index (χ2v) is 5.74. The van der Waals surface area contributed by atoms with E-state index in [1.165, 1.54) is 0 Å². The number of halogens is 2. The molecule has 0 N–H and O–H groups in total. The standard InChI is InChI=1S/C10H12Br2O2S/c1-7-9(4-5-11)8(6-15(13)14)2-3-10(7)12/h2-3H,4-6H2,1H3,(H,13,14)/p-1. The first-order chi connectivity index (χ1) is 7.06. The Bertz CT molecular complexity index is 380. The average molecular weight is 355 g/mol. The van der Waals surface area contributed by atoms with Gasteiger partial charge in [-0.05, 0) is 36.1 Å². The Hall–Kier alpha value is 0.290. The fourth-order valence-corrected chi connectivity index (χ4v) is 2.78. The molecule has 0 spiro atoms. The van der Waals surface area contributed by atoms with Crippen LogP contribution in [0.4, 0.5) is 0 Å². The molecule has 0 saturated carbocycles. The second-order valence-electron chi connectivity index (χ2n) is 3.20. The van der Waals surface area contributed by atoms with Crippen LogP contribution in [0.15, 0.2) is 16.6 Å². The molecule has 0 bridgehead atoms. The van der Waals surface area contributed by atoms with E-state index in [0.717, 1.165) is 32.9 Å². The first-order valence-corrected chi connectivity index (χ1v) is 7.60. The summed E-state index contributed by atoms with van der Waals surface area (Å²) in [6, 6.07) is 3.76. The molecule has 84 valence electrons. The monoisotopic (exact) mass is 353 g/mol. The minimum absolute atomic E-state index is 0.0937. The van der Waals surface area contributed by atoms with E-state index >= 15 is 0 Å². The summed E-state index contributed by atoms with van der Waals surface area (Å²) in [7, 11) is 0. The van der Waals surface area contributed by atoms with Crippen LogP contribution in [0, 0.1) is 6.92 Å². The van der Waals surface area contributed by atoms with E-state index in [1.54, 1.807) is 0 Å². The van der Waals surface area contributed by atoms with Crippen LogP contribution < -0.4 is 0 Å². The van der Waals surface area contributed by atoms with Crippen molar-refractivity contribution in [3.63, 3.8) is 0 Å². The van der Waals surface area contributed by atoms with Crippen LogP contribution in [0.2, 0.25) is 0 Å². The lowest BCUT2D eigenvalue weighted by Crippen LogP contribution is -2.02. The summed E-state index contributed by atoms with van der Waals surface area (Å²) < 4.78 is 22.4. The zero-order chi connectivity index (χ0) is 11.4. The Morgan fingerprint density at radius 2 is 2.13 bits per heavy atom. The van der Waals surface area contributed by atoms with Gasteiger partial charge in [0.05, 0.1) is 0 Å². The van der Waals surface area contributed by atoms with E-state index in [0.29, 0.717) is 0 Å². The second kappa shape index (κ2) is 6.13. The highest BCUT2D eigenvalue weighted by Gasteiger charge is 2.08. The van der Waals surface area contributed by atoms with Crippen LogP contribution in [-0.4, -0.2) is 14.1 Å². The molecular formula is C10H11Br2O2S-. The molecular weight excluding hydrogens is 344 g/mol. The minimum Gasteiger partial charge on any atom is -0.772 e. The van der Waals surface area contributed by atoms with Crippen molar-refractivity contribution < 1.29 is 8.76 Å². The molecule has 15 heavy (non-hydrogen) atoms. The molecule has 0 aliphatic rings. The maximum Gasteiger partial charge on any atom is 0.0356 e. The Labute approximate surface area is 109 Å². The van der Waals surface area contributed by atoms with Gasteiger partial charge in [0.2, 0.25) is 0 Å². The third-order valence-corrected chi connectivity index (χ3v) is 4.05. The molecule has 0 amide bonds. The Kier molecular flexibility index (Phi) is 5.46. The number of hydrogen-bond acceptors (Lipinski definition) is 2. The minimum atomic E-state index is -2.03. The van der Waals surface area contributed by atoms with E-state index in [-0.39, 0.29) is 5.75 Å². The number of hydrogen-bond donors (Lipinski definition) is 0. The van der Waals surface area contributed by atoms with Crippen LogP contribution in [0.3, 0.4) is 0 Å². The van der Waals surface area contributed by atoms with Crippen molar-refractivity contribution in [3.05, 3.63) is 33.3 Å². The lowest BCUT2D eigenvalue weighted by molar-refractivity contribution is 0.536. The topological polar surface area (TPSA) is 40.1 Å². The van der Waals surface area contributed by atoms with Crippen molar-refractivity contribution in [2.24, 2.45) is 0 Å². The van der Waals surface area contributed by atoms with Crippen LogP contribution in [-0.2, 0) is 23.3 Å². The first-order valence-electron chi connectivity index (χ1n) is 4.45. The molecule has 1 atom stereocenters. The predicted octanol–water partition coefficient (Wildman–Crippen LogP) is 3.07. The van der Waals surface area contributed by atoms with Crippen LogP contribution in [0.25, 0.3) is 0 Å². The summed E-state index contributed by atoms with van der Waals surface area (Å²) in [6.07, 6.45) is 0.845. The maximum atomic E-state index is 10.7. The van der Waals surface area contributed by atoms with Gasteiger partial charge in [-0.2, -0.15) is 0 Å². The van der Waals surface area contributed by atoms with Crippen LogP contribution in [0.5, 0.6) is 0 Å². The molecule has 1 unspecified atom stereocenters. The largest absolute Gasteiger partial charge is 0.772 e. The maximum absolute atomic E-state index is 10.7. The summed E-state index contributed by atoms with van der Waals surface area (Å²) >= 11 is 4.80. The Balaban J connectivity index is 3.14. The van der Waals surface area contributed by atoms with E-state index in [9.17, 15) is 8.76 Å². The van der Waals surface area contributed by atoms with Gasteiger partial charge >= 0.3 is 0 Å². The highest BCUT2D eigenvalue weighted by Crippen LogP contribution is 2.25. The summed E-state index contributed by atoms with van der Waals surface area (Å²) in [5.41, 5.74) is 3.13. The van der Waals surface area contributed by atoms with Crippen molar-refractivity contribution in [1.82, 2.24) is 0 Å². The summed E-state index contributed by atoms with van der Waals surface area (Å²) in [4.78, 5) is 0. The van der Waals surface area contributed by atoms with E-state index in [1.807, 2.05) is 19.1 Å². The zero-order valence-electron chi connectivity index (χ0n) is 8.26. The van der Waals surface area contributed by atoms with Gasteiger partial charge in [0.15, 0.2) is 0 Å². The third kappa shape index (κ3) is 3.66. The predicted molar refractivity (Wildman–Crippen MR) is 69.0 cm³/mol. The SMILES string of the molecule is Cc1c(Br)ccc(CS(=O)[O-])c1CCBr. The van der Waals surface area contributed by atoms with Gasteiger partial charge in [0, 0.05) is 15.6 Å². The Morgan fingerprint density at radius 1 is 1.47 bits per heavy atom. The highest BCUT2D eigenvalue weighted by atomic mass is 79.9. The molecule has 0 aromatic heterocycles. The number of benzene rings is 1. The van der Waals surface area contributed by atoms with Crippen molar-refractivity contribution in [1.29, 1.82) is 0 Å².